The fraction of sp³-hybridized carbons (Fsp3) is 0.115. The van der Waals surface area contributed by atoms with Gasteiger partial charge in [-0.25, -0.2) is 4.39 Å². The van der Waals surface area contributed by atoms with E-state index in [2.05, 4.69) is 5.32 Å². The number of benzene rings is 3. The molecule has 0 bridgehead atoms. The van der Waals surface area contributed by atoms with Crippen molar-refractivity contribution in [3.05, 3.63) is 100 Å². The maximum Gasteiger partial charge on any atom is 0.294 e. The highest BCUT2D eigenvalue weighted by molar-refractivity contribution is 8.18. The number of ether oxygens (including phenoxy) is 1. The molecule has 0 spiro atoms. The van der Waals surface area contributed by atoms with Gasteiger partial charge in [0.05, 0.1) is 4.91 Å². The van der Waals surface area contributed by atoms with Gasteiger partial charge in [-0.3, -0.25) is 19.3 Å². The smallest absolute Gasteiger partial charge is 0.294 e. The third-order valence-corrected chi connectivity index (χ3v) is 5.86. The van der Waals surface area contributed by atoms with E-state index in [1.807, 2.05) is 19.1 Å². The Balaban J connectivity index is 1.39. The van der Waals surface area contributed by atoms with Gasteiger partial charge in [-0.05, 0) is 77.9 Å². The van der Waals surface area contributed by atoms with E-state index >= 15 is 0 Å². The molecule has 8 heteroatoms. The van der Waals surface area contributed by atoms with Crippen molar-refractivity contribution in [2.75, 3.05) is 11.9 Å². The van der Waals surface area contributed by atoms with E-state index in [-0.39, 0.29) is 23.9 Å². The maximum absolute atomic E-state index is 13.0. The van der Waals surface area contributed by atoms with Crippen LogP contribution in [0, 0.1) is 12.7 Å². The Morgan fingerprint density at radius 1 is 1.06 bits per heavy atom. The molecular weight excluding hydrogens is 455 g/mol. The lowest BCUT2D eigenvalue weighted by atomic mass is 10.2. The molecule has 1 heterocycles. The average Bonchev–Trinajstić information content (AvgIpc) is 3.06. The molecule has 3 aromatic rings. The summed E-state index contributed by atoms with van der Waals surface area (Å²) in [5.74, 6) is -0.723. The summed E-state index contributed by atoms with van der Waals surface area (Å²) >= 11 is 0.787. The molecular formula is C26H21FN2O4S. The highest BCUT2D eigenvalue weighted by Crippen LogP contribution is 2.32. The van der Waals surface area contributed by atoms with Crippen LogP contribution in [0.3, 0.4) is 0 Å². The van der Waals surface area contributed by atoms with Crippen LogP contribution >= 0.6 is 11.8 Å². The van der Waals surface area contributed by atoms with Gasteiger partial charge in [0.25, 0.3) is 11.1 Å². The maximum atomic E-state index is 13.0. The van der Waals surface area contributed by atoms with Crippen LogP contribution in [-0.4, -0.2) is 28.5 Å². The van der Waals surface area contributed by atoms with Crippen LogP contribution in [0.15, 0.2) is 77.7 Å². The summed E-state index contributed by atoms with van der Waals surface area (Å²) in [7, 11) is 0. The Labute approximate surface area is 200 Å². The van der Waals surface area contributed by atoms with E-state index in [9.17, 15) is 18.8 Å². The van der Waals surface area contributed by atoms with Crippen LogP contribution < -0.4 is 10.1 Å². The van der Waals surface area contributed by atoms with E-state index in [0.29, 0.717) is 17.0 Å². The molecule has 3 aromatic carbocycles. The quantitative estimate of drug-likeness (QED) is 0.463. The van der Waals surface area contributed by atoms with Crippen LogP contribution in [0.2, 0.25) is 0 Å². The molecule has 1 aliphatic heterocycles. The Hall–Kier alpha value is -3.91. The van der Waals surface area contributed by atoms with Crippen LogP contribution in [-0.2, 0) is 16.2 Å². The fourth-order valence-electron chi connectivity index (χ4n) is 3.30. The van der Waals surface area contributed by atoms with Gasteiger partial charge in [0.2, 0.25) is 5.91 Å². The number of rotatable bonds is 7. The monoisotopic (exact) mass is 476 g/mol. The summed E-state index contributed by atoms with van der Waals surface area (Å²) in [6, 6.07) is 20.3. The number of imide groups is 1. The molecule has 0 radical (unpaired) electrons. The highest BCUT2D eigenvalue weighted by Gasteiger charge is 2.36. The third kappa shape index (κ3) is 5.90. The van der Waals surface area contributed by atoms with E-state index in [1.54, 1.807) is 54.6 Å². The lowest BCUT2D eigenvalue weighted by Gasteiger charge is -2.12. The molecule has 172 valence electrons. The summed E-state index contributed by atoms with van der Waals surface area (Å²) < 4.78 is 18.8. The van der Waals surface area contributed by atoms with Gasteiger partial charge < -0.3 is 10.1 Å². The Kier molecular flexibility index (Phi) is 7.08. The zero-order chi connectivity index (χ0) is 24.1. The number of amides is 3. The topological polar surface area (TPSA) is 75.7 Å². The van der Waals surface area contributed by atoms with E-state index in [1.165, 1.54) is 12.1 Å². The van der Waals surface area contributed by atoms with Gasteiger partial charge in [0, 0.05) is 5.69 Å². The summed E-state index contributed by atoms with van der Waals surface area (Å²) in [5.41, 5.74) is 3.07. The van der Waals surface area contributed by atoms with Crippen LogP contribution in [0.25, 0.3) is 6.08 Å². The van der Waals surface area contributed by atoms with E-state index < -0.39 is 17.1 Å². The standard InChI is InChI=1S/C26H21FN2O4S/c1-17-4-2-6-21(12-17)28-24(30)15-29-25(31)23(34-26(29)32)14-19-5-3-7-22(13-19)33-16-18-8-10-20(27)11-9-18/h2-14H,15-16H2,1H3,(H,28,30)/b23-14-. The number of nitrogens with one attached hydrogen (secondary N) is 1. The normalized spacial score (nSPS) is 14.5. The molecule has 6 nitrogen and oxygen atoms in total. The first kappa shape index (κ1) is 23.3. The van der Waals surface area contributed by atoms with E-state index in [4.69, 9.17) is 4.74 Å². The molecule has 1 saturated heterocycles. The first-order valence-electron chi connectivity index (χ1n) is 10.5. The zero-order valence-electron chi connectivity index (χ0n) is 18.3. The fourth-order valence-corrected chi connectivity index (χ4v) is 4.13. The van der Waals surface area contributed by atoms with Crippen molar-refractivity contribution in [1.82, 2.24) is 4.90 Å². The number of carbonyl (C=O) groups is 3. The molecule has 0 atom stereocenters. The van der Waals surface area contributed by atoms with Gasteiger partial charge in [0.15, 0.2) is 0 Å². The lowest BCUT2D eigenvalue weighted by Crippen LogP contribution is -2.36. The summed E-state index contributed by atoms with van der Waals surface area (Å²) in [4.78, 5) is 38.7. The minimum atomic E-state index is -0.521. The number of nitrogens with zero attached hydrogens (tertiary/aromatic N) is 1. The molecule has 1 aliphatic rings. The van der Waals surface area contributed by atoms with Crippen LogP contribution in [0.5, 0.6) is 5.75 Å². The molecule has 0 unspecified atom stereocenters. The Morgan fingerprint density at radius 3 is 2.59 bits per heavy atom. The number of thioether (sulfide) groups is 1. The van der Waals surface area contributed by atoms with Crippen molar-refractivity contribution in [2.45, 2.75) is 13.5 Å². The second-order valence-corrected chi connectivity index (χ2v) is 8.67. The molecule has 3 amide bonds. The molecule has 0 aromatic heterocycles. The molecule has 1 fully saturated rings. The highest BCUT2D eigenvalue weighted by atomic mass is 32.2. The number of halogens is 1. The number of aryl methyl sites for hydroxylation is 1. The first-order chi connectivity index (χ1) is 16.4. The first-order valence-corrected chi connectivity index (χ1v) is 11.3. The summed E-state index contributed by atoms with van der Waals surface area (Å²) in [5, 5.41) is 2.20. The zero-order valence-corrected chi connectivity index (χ0v) is 19.1. The van der Waals surface area contributed by atoms with Crippen molar-refractivity contribution in [2.24, 2.45) is 0 Å². The van der Waals surface area contributed by atoms with Crippen molar-refractivity contribution >= 4 is 40.6 Å². The number of carbonyl (C=O) groups excluding carboxylic acids is 3. The SMILES string of the molecule is Cc1cccc(NC(=O)CN2C(=O)S/C(=C\c3cccc(OCc4ccc(F)cc4)c3)C2=O)c1. The molecule has 1 N–H and O–H groups in total. The Bertz CT molecular complexity index is 1270. The van der Waals surface area contributed by atoms with Gasteiger partial charge in [0.1, 0.15) is 24.7 Å². The third-order valence-electron chi connectivity index (χ3n) is 4.95. The second-order valence-electron chi connectivity index (χ2n) is 7.67. The lowest BCUT2D eigenvalue weighted by molar-refractivity contribution is -0.127. The molecule has 0 saturated carbocycles. The van der Waals surface area contributed by atoms with Gasteiger partial charge >= 0.3 is 0 Å². The minimum absolute atomic E-state index is 0.226. The van der Waals surface area contributed by atoms with Gasteiger partial charge in [-0.1, -0.05) is 36.4 Å². The Morgan fingerprint density at radius 2 is 1.82 bits per heavy atom. The minimum Gasteiger partial charge on any atom is -0.489 e. The summed E-state index contributed by atoms with van der Waals surface area (Å²) in [6.07, 6.45) is 1.59. The predicted octanol–water partition coefficient (Wildman–Crippen LogP) is 5.39. The van der Waals surface area contributed by atoms with E-state index in [0.717, 1.165) is 27.8 Å². The van der Waals surface area contributed by atoms with Crippen LogP contribution in [0.1, 0.15) is 16.7 Å². The number of hydrogen-bond donors (Lipinski definition) is 1. The largest absolute Gasteiger partial charge is 0.489 e. The molecule has 34 heavy (non-hydrogen) atoms. The van der Waals surface area contributed by atoms with Crippen molar-refractivity contribution in [1.29, 1.82) is 0 Å². The second kappa shape index (κ2) is 10.4. The average molecular weight is 477 g/mol. The predicted molar refractivity (Wildman–Crippen MR) is 130 cm³/mol. The number of hydrogen-bond acceptors (Lipinski definition) is 5. The van der Waals surface area contributed by atoms with Crippen molar-refractivity contribution in [3.8, 4) is 5.75 Å². The van der Waals surface area contributed by atoms with Crippen LogP contribution in [0.4, 0.5) is 14.9 Å². The van der Waals surface area contributed by atoms with Gasteiger partial charge in [-0.2, -0.15) is 0 Å². The van der Waals surface area contributed by atoms with Gasteiger partial charge in [-0.15, -0.1) is 0 Å². The molecule has 0 aliphatic carbocycles. The van der Waals surface area contributed by atoms with Crippen molar-refractivity contribution in [3.63, 3.8) is 0 Å². The molecule has 4 rings (SSSR count). The number of anilines is 1. The summed E-state index contributed by atoms with van der Waals surface area (Å²) in [6.45, 7) is 1.80. The van der Waals surface area contributed by atoms with Crippen molar-refractivity contribution < 1.29 is 23.5 Å².